The standard InChI is InChI=1S/C16H18N2O3S/c1-2-7-21-11-5-6-18-14(9-11)15(19)17-13(16(18)20)10-12-4-3-8-22-12/h1,3-4,8,11,13-14H,5-7,9-10H2,(H,17,19). The summed E-state index contributed by atoms with van der Waals surface area (Å²) >= 11 is 1.60. The third-order valence-electron chi connectivity index (χ3n) is 4.14. The summed E-state index contributed by atoms with van der Waals surface area (Å²) in [4.78, 5) is 27.7. The fourth-order valence-corrected chi connectivity index (χ4v) is 3.81. The van der Waals surface area contributed by atoms with Crippen LogP contribution >= 0.6 is 11.3 Å². The number of piperazine rings is 1. The van der Waals surface area contributed by atoms with Crippen LogP contribution in [0.15, 0.2) is 17.5 Å². The molecule has 3 heterocycles. The highest BCUT2D eigenvalue weighted by Crippen LogP contribution is 2.25. The number of carbonyl (C=O) groups excluding carboxylic acids is 2. The number of thiophene rings is 1. The zero-order valence-electron chi connectivity index (χ0n) is 12.2. The predicted molar refractivity (Wildman–Crippen MR) is 83.3 cm³/mol. The van der Waals surface area contributed by atoms with Crippen molar-refractivity contribution in [1.29, 1.82) is 0 Å². The quantitative estimate of drug-likeness (QED) is 0.836. The molecule has 6 heteroatoms. The highest BCUT2D eigenvalue weighted by atomic mass is 32.1. The van der Waals surface area contributed by atoms with E-state index in [1.54, 1.807) is 16.2 Å². The lowest BCUT2D eigenvalue weighted by molar-refractivity contribution is -0.154. The van der Waals surface area contributed by atoms with Crippen LogP contribution in [0, 0.1) is 12.3 Å². The van der Waals surface area contributed by atoms with Crippen molar-refractivity contribution in [3.05, 3.63) is 22.4 Å². The molecule has 2 fully saturated rings. The molecule has 3 unspecified atom stereocenters. The van der Waals surface area contributed by atoms with Crippen molar-refractivity contribution in [1.82, 2.24) is 10.2 Å². The van der Waals surface area contributed by atoms with Gasteiger partial charge in [0.1, 0.15) is 18.7 Å². The minimum atomic E-state index is -0.453. The van der Waals surface area contributed by atoms with Crippen LogP contribution in [0.5, 0.6) is 0 Å². The monoisotopic (exact) mass is 318 g/mol. The van der Waals surface area contributed by atoms with Gasteiger partial charge in [0.05, 0.1) is 6.10 Å². The molecule has 0 radical (unpaired) electrons. The highest BCUT2D eigenvalue weighted by Gasteiger charge is 2.43. The Labute approximate surface area is 133 Å². The molecule has 0 aromatic carbocycles. The van der Waals surface area contributed by atoms with Crippen molar-refractivity contribution >= 4 is 23.2 Å². The molecule has 3 atom stereocenters. The number of amides is 2. The Morgan fingerprint density at radius 1 is 1.50 bits per heavy atom. The van der Waals surface area contributed by atoms with Crippen LogP contribution in [-0.2, 0) is 20.7 Å². The second-order valence-corrected chi connectivity index (χ2v) is 6.59. The Bertz CT molecular complexity index is 593. The van der Waals surface area contributed by atoms with Crippen molar-refractivity contribution < 1.29 is 14.3 Å². The van der Waals surface area contributed by atoms with E-state index in [2.05, 4.69) is 11.2 Å². The molecule has 3 rings (SSSR count). The summed E-state index contributed by atoms with van der Waals surface area (Å²) in [5.74, 6) is 2.36. The fraction of sp³-hybridized carbons (Fsp3) is 0.500. The molecule has 0 spiro atoms. The van der Waals surface area contributed by atoms with E-state index >= 15 is 0 Å². The molecule has 0 aliphatic carbocycles. The number of hydrogen-bond donors (Lipinski definition) is 1. The smallest absolute Gasteiger partial charge is 0.246 e. The molecule has 0 saturated carbocycles. The molecule has 2 saturated heterocycles. The maximum atomic E-state index is 12.6. The molecule has 1 aromatic heterocycles. The second-order valence-electron chi connectivity index (χ2n) is 5.55. The van der Waals surface area contributed by atoms with Gasteiger partial charge in [0, 0.05) is 24.3 Å². The van der Waals surface area contributed by atoms with Gasteiger partial charge in [-0.2, -0.15) is 0 Å². The number of carbonyl (C=O) groups is 2. The summed E-state index contributed by atoms with van der Waals surface area (Å²) in [7, 11) is 0. The normalized spacial score (nSPS) is 28.0. The van der Waals surface area contributed by atoms with Crippen molar-refractivity contribution in [3.63, 3.8) is 0 Å². The molecule has 1 N–H and O–H groups in total. The van der Waals surface area contributed by atoms with Gasteiger partial charge in [-0.1, -0.05) is 12.0 Å². The third-order valence-corrected chi connectivity index (χ3v) is 5.04. The Morgan fingerprint density at radius 3 is 3.09 bits per heavy atom. The number of piperidine rings is 1. The summed E-state index contributed by atoms with van der Waals surface area (Å²) < 4.78 is 5.52. The number of nitrogens with zero attached hydrogens (tertiary/aromatic N) is 1. The van der Waals surface area contributed by atoms with E-state index in [0.29, 0.717) is 19.4 Å². The lowest BCUT2D eigenvalue weighted by atomic mass is 9.94. The Kier molecular flexibility index (Phi) is 4.46. The average Bonchev–Trinajstić information content (AvgIpc) is 3.03. The molecule has 5 nitrogen and oxygen atoms in total. The number of terminal acetylenes is 1. The van der Waals surface area contributed by atoms with Gasteiger partial charge < -0.3 is 15.0 Å². The number of nitrogens with one attached hydrogen (secondary N) is 1. The Morgan fingerprint density at radius 2 is 2.36 bits per heavy atom. The first kappa shape index (κ1) is 15.1. The van der Waals surface area contributed by atoms with Crippen LogP contribution in [0.25, 0.3) is 0 Å². The van der Waals surface area contributed by atoms with Gasteiger partial charge in [0.25, 0.3) is 0 Å². The minimum Gasteiger partial charge on any atom is -0.365 e. The van der Waals surface area contributed by atoms with Gasteiger partial charge in [-0.15, -0.1) is 17.8 Å². The first-order valence-electron chi connectivity index (χ1n) is 7.37. The zero-order chi connectivity index (χ0) is 15.5. The summed E-state index contributed by atoms with van der Waals surface area (Å²) in [5.41, 5.74) is 0. The van der Waals surface area contributed by atoms with E-state index in [1.165, 1.54) is 0 Å². The van der Waals surface area contributed by atoms with Gasteiger partial charge >= 0.3 is 0 Å². The summed E-state index contributed by atoms with van der Waals surface area (Å²) in [6, 6.07) is 3.05. The fourth-order valence-electron chi connectivity index (χ4n) is 3.06. The summed E-state index contributed by atoms with van der Waals surface area (Å²) in [6.45, 7) is 0.793. The summed E-state index contributed by atoms with van der Waals surface area (Å²) in [5, 5.41) is 4.83. The molecule has 2 aliphatic heterocycles. The summed E-state index contributed by atoms with van der Waals surface area (Å²) in [6.07, 6.45) is 6.94. The van der Waals surface area contributed by atoms with Gasteiger partial charge in [0.2, 0.25) is 11.8 Å². The molecule has 116 valence electrons. The lowest BCUT2D eigenvalue weighted by Crippen LogP contribution is -2.66. The molecule has 0 bridgehead atoms. The average molecular weight is 318 g/mol. The Balaban J connectivity index is 1.66. The number of hydrogen-bond acceptors (Lipinski definition) is 4. The van der Waals surface area contributed by atoms with Gasteiger partial charge in [-0.05, 0) is 17.9 Å². The van der Waals surface area contributed by atoms with Crippen LogP contribution in [0.4, 0.5) is 0 Å². The van der Waals surface area contributed by atoms with E-state index in [0.717, 1.165) is 11.3 Å². The van der Waals surface area contributed by atoms with Crippen LogP contribution in [0.3, 0.4) is 0 Å². The SMILES string of the molecule is C#CCOC1CCN2C(=O)C(Cc3cccs3)NC(=O)C2C1. The van der Waals surface area contributed by atoms with E-state index in [4.69, 9.17) is 11.2 Å². The maximum absolute atomic E-state index is 12.6. The van der Waals surface area contributed by atoms with Crippen molar-refractivity contribution in [2.45, 2.75) is 37.5 Å². The van der Waals surface area contributed by atoms with Crippen molar-refractivity contribution in [3.8, 4) is 12.3 Å². The van der Waals surface area contributed by atoms with Crippen LogP contribution in [0.1, 0.15) is 17.7 Å². The topological polar surface area (TPSA) is 58.6 Å². The molecular formula is C16H18N2O3S. The number of ether oxygens (including phenoxy) is 1. The van der Waals surface area contributed by atoms with Crippen LogP contribution in [0.2, 0.25) is 0 Å². The molecule has 22 heavy (non-hydrogen) atoms. The third kappa shape index (κ3) is 3.01. The van der Waals surface area contributed by atoms with E-state index in [9.17, 15) is 9.59 Å². The lowest BCUT2D eigenvalue weighted by Gasteiger charge is -2.43. The van der Waals surface area contributed by atoms with E-state index in [1.807, 2.05) is 17.5 Å². The molecular weight excluding hydrogens is 300 g/mol. The Hall–Kier alpha value is -1.84. The minimum absolute atomic E-state index is 0.00778. The van der Waals surface area contributed by atoms with Gasteiger partial charge in [0.15, 0.2) is 0 Å². The number of fused-ring (bicyclic) bond motifs is 1. The molecule has 2 aliphatic rings. The van der Waals surface area contributed by atoms with Gasteiger partial charge in [-0.25, -0.2) is 0 Å². The van der Waals surface area contributed by atoms with E-state index < -0.39 is 12.1 Å². The first-order valence-corrected chi connectivity index (χ1v) is 8.25. The van der Waals surface area contributed by atoms with Crippen molar-refractivity contribution in [2.75, 3.05) is 13.2 Å². The maximum Gasteiger partial charge on any atom is 0.246 e. The largest absolute Gasteiger partial charge is 0.365 e. The van der Waals surface area contributed by atoms with Crippen LogP contribution < -0.4 is 5.32 Å². The zero-order valence-corrected chi connectivity index (χ0v) is 13.0. The van der Waals surface area contributed by atoms with Gasteiger partial charge in [-0.3, -0.25) is 9.59 Å². The van der Waals surface area contributed by atoms with Crippen LogP contribution in [-0.4, -0.2) is 48.1 Å². The number of rotatable bonds is 4. The molecule has 2 amide bonds. The first-order chi connectivity index (χ1) is 10.7. The molecule has 1 aromatic rings. The highest BCUT2D eigenvalue weighted by molar-refractivity contribution is 7.09. The predicted octanol–water partition coefficient (Wildman–Crippen LogP) is 0.798. The van der Waals surface area contributed by atoms with Crippen molar-refractivity contribution in [2.24, 2.45) is 0 Å². The second kappa shape index (κ2) is 6.51. The van der Waals surface area contributed by atoms with E-state index in [-0.39, 0.29) is 24.5 Å².